The summed E-state index contributed by atoms with van der Waals surface area (Å²) in [5.41, 5.74) is 0.784. The largest absolute Gasteiger partial charge is 0.388 e. The van der Waals surface area contributed by atoms with E-state index < -0.39 is 24.4 Å². The predicted octanol–water partition coefficient (Wildman–Crippen LogP) is -1.50. The highest BCUT2D eigenvalue weighted by Crippen LogP contribution is 2.26. The van der Waals surface area contributed by atoms with Gasteiger partial charge < -0.3 is 25.2 Å². The lowest BCUT2D eigenvalue weighted by molar-refractivity contribution is -0.134. The number of nitrogens with zero attached hydrogens (tertiary/aromatic N) is 4. The molecule has 0 unspecified atom stereocenters. The van der Waals surface area contributed by atoms with Gasteiger partial charge in [0.2, 0.25) is 5.91 Å². The van der Waals surface area contributed by atoms with E-state index in [2.05, 4.69) is 15.6 Å². The number of nitrogens with one attached hydrogen (secondary N) is 1. The molecule has 0 aliphatic carbocycles. The van der Waals surface area contributed by atoms with Crippen molar-refractivity contribution in [2.45, 2.75) is 56.8 Å². The molecule has 0 spiro atoms. The first-order valence-electron chi connectivity index (χ1n) is 8.41. The van der Waals surface area contributed by atoms with Gasteiger partial charge in [-0.15, -0.1) is 5.10 Å². The Morgan fingerprint density at radius 3 is 2.75 bits per heavy atom. The fourth-order valence-corrected chi connectivity index (χ4v) is 3.29. The molecule has 0 saturated carbocycles. The second-order valence-corrected chi connectivity index (χ2v) is 6.45. The summed E-state index contributed by atoms with van der Waals surface area (Å²) in [5, 5.41) is 31.4. The van der Waals surface area contributed by atoms with Gasteiger partial charge in [0.15, 0.2) is 0 Å². The normalized spacial score (nSPS) is 30.2. The molecule has 2 saturated heterocycles. The number of hydrogen-bond acceptors (Lipinski definition) is 7. The van der Waals surface area contributed by atoms with Crippen molar-refractivity contribution in [3.63, 3.8) is 0 Å². The third-order valence-electron chi connectivity index (χ3n) is 4.61. The highest BCUT2D eigenvalue weighted by atomic mass is 16.5. The molecule has 9 nitrogen and oxygen atoms in total. The highest BCUT2D eigenvalue weighted by Gasteiger charge is 2.44. The van der Waals surface area contributed by atoms with Crippen LogP contribution in [0.25, 0.3) is 0 Å². The monoisotopic (exact) mass is 339 g/mol. The first-order chi connectivity index (χ1) is 11.6. The predicted molar refractivity (Wildman–Crippen MR) is 83.9 cm³/mol. The Bertz CT molecular complexity index is 560. The average molecular weight is 339 g/mol. The molecule has 4 atom stereocenters. The van der Waals surface area contributed by atoms with Crippen molar-refractivity contribution < 1.29 is 19.7 Å². The number of ether oxygens (including phenoxy) is 1. The molecule has 0 radical (unpaired) electrons. The number of carbonyl (C=O) groups excluding carboxylic acids is 1. The summed E-state index contributed by atoms with van der Waals surface area (Å²) >= 11 is 0. The van der Waals surface area contributed by atoms with Crippen molar-refractivity contribution in [2.75, 3.05) is 20.1 Å². The molecule has 1 aromatic heterocycles. The molecule has 2 aliphatic heterocycles. The Labute approximate surface area is 140 Å². The van der Waals surface area contributed by atoms with Crippen molar-refractivity contribution >= 4 is 5.91 Å². The van der Waals surface area contributed by atoms with Crippen LogP contribution in [-0.4, -0.2) is 80.6 Å². The van der Waals surface area contributed by atoms with Crippen LogP contribution >= 0.6 is 0 Å². The minimum Gasteiger partial charge on any atom is -0.388 e. The Kier molecular flexibility index (Phi) is 5.44. The number of aromatic nitrogens is 3. The van der Waals surface area contributed by atoms with Crippen LogP contribution in [0.2, 0.25) is 0 Å². The van der Waals surface area contributed by atoms with E-state index in [-0.39, 0.29) is 18.9 Å². The SMILES string of the molecule is CNCc1cn(C[C@@H]2O[C@@H](CC(=O)N3CCCC3)[C@H](O)[C@@H]2O)nn1. The topological polar surface area (TPSA) is 113 Å². The molecular formula is C15H25N5O4. The summed E-state index contributed by atoms with van der Waals surface area (Å²) in [7, 11) is 1.82. The molecule has 0 bridgehead atoms. The van der Waals surface area contributed by atoms with E-state index in [1.807, 2.05) is 7.05 Å². The molecular weight excluding hydrogens is 314 g/mol. The van der Waals surface area contributed by atoms with E-state index in [0.29, 0.717) is 6.54 Å². The molecule has 2 aliphatic rings. The first-order valence-corrected chi connectivity index (χ1v) is 8.41. The fourth-order valence-electron chi connectivity index (χ4n) is 3.29. The van der Waals surface area contributed by atoms with Gasteiger partial charge in [-0.1, -0.05) is 5.21 Å². The van der Waals surface area contributed by atoms with Crippen LogP contribution in [0.15, 0.2) is 6.20 Å². The standard InChI is InChI=1S/C15H25N5O4/c1-16-7-10-8-20(18-17-10)9-12-15(23)14(22)11(24-12)6-13(21)19-4-2-3-5-19/h8,11-12,14-16,22-23H,2-7,9H2,1H3/t11-,12-,14-,15+/m0/s1. The Morgan fingerprint density at radius 1 is 1.33 bits per heavy atom. The van der Waals surface area contributed by atoms with Gasteiger partial charge in [0.05, 0.1) is 24.8 Å². The molecule has 2 fully saturated rings. The molecule has 9 heteroatoms. The molecule has 0 aromatic carbocycles. The second-order valence-electron chi connectivity index (χ2n) is 6.45. The van der Waals surface area contributed by atoms with Gasteiger partial charge in [-0.2, -0.15) is 0 Å². The zero-order chi connectivity index (χ0) is 17.1. The molecule has 24 heavy (non-hydrogen) atoms. The lowest BCUT2D eigenvalue weighted by Crippen LogP contribution is -2.37. The maximum Gasteiger partial charge on any atom is 0.225 e. The zero-order valence-electron chi connectivity index (χ0n) is 13.8. The Morgan fingerprint density at radius 2 is 2.04 bits per heavy atom. The summed E-state index contributed by atoms with van der Waals surface area (Å²) in [6.45, 7) is 2.41. The van der Waals surface area contributed by atoms with Gasteiger partial charge in [-0.05, 0) is 19.9 Å². The van der Waals surface area contributed by atoms with Crippen LogP contribution in [0.3, 0.4) is 0 Å². The smallest absolute Gasteiger partial charge is 0.225 e. The molecule has 1 amide bonds. The van der Waals surface area contributed by atoms with E-state index in [1.165, 1.54) is 0 Å². The number of rotatable bonds is 6. The van der Waals surface area contributed by atoms with Gasteiger partial charge >= 0.3 is 0 Å². The maximum absolute atomic E-state index is 12.2. The number of hydrogen-bond donors (Lipinski definition) is 3. The van der Waals surface area contributed by atoms with Crippen LogP contribution in [0, 0.1) is 0 Å². The first kappa shape index (κ1) is 17.3. The summed E-state index contributed by atoms with van der Waals surface area (Å²) < 4.78 is 7.32. The van der Waals surface area contributed by atoms with Crippen molar-refractivity contribution in [2.24, 2.45) is 0 Å². The fraction of sp³-hybridized carbons (Fsp3) is 0.800. The lowest BCUT2D eigenvalue weighted by Gasteiger charge is -2.19. The summed E-state index contributed by atoms with van der Waals surface area (Å²) in [6, 6.07) is 0. The maximum atomic E-state index is 12.2. The van der Waals surface area contributed by atoms with Gasteiger partial charge in [0.25, 0.3) is 0 Å². The number of amides is 1. The van der Waals surface area contributed by atoms with E-state index >= 15 is 0 Å². The number of carbonyl (C=O) groups is 1. The summed E-state index contributed by atoms with van der Waals surface area (Å²) in [5.74, 6) is -0.0264. The quantitative estimate of drug-likeness (QED) is 0.578. The van der Waals surface area contributed by atoms with Crippen LogP contribution in [-0.2, 0) is 22.6 Å². The van der Waals surface area contributed by atoms with Crippen molar-refractivity contribution in [3.8, 4) is 0 Å². The van der Waals surface area contributed by atoms with E-state index in [4.69, 9.17) is 4.74 Å². The molecule has 3 rings (SSSR count). The van der Waals surface area contributed by atoms with Gasteiger partial charge in [0.1, 0.15) is 18.3 Å². The molecule has 3 N–H and O–H groups in total. The van der Waals surface area contributed by atoms with E-state index in [9.17, 15) is 15.0 Å². The van der Waals surface area contributed by atoms with Gasteiger partial charge in [-0.25, -0.2) is 4.68 Å². The number of likely N-dealkylation sites (tertiary alicyclic amines) is 1. The van der Waals surface area contributed by atoms with Gasteiger partial charge in [-0.3, -0.25) is 4.79 Å². The third-order valence-corrected chi connectivity index (χ3v) is 4.61. The molecule has 134 valence electrons. The lowest BCUT2D eigenvalue weighted by atomic mass is 10.1. The Balaban J connectivity index is 1.56. The summed E-state index contributed by atoms with van der Waals surface area (Å²) in [6.07, 6.45) is 0.497. The number of aliphatic hydroxyl groups excluding tert-OH is 2. The average Bonchev–Trinajstić information content (AvgIpc) is 3.28. The molecule has 3 heterocycles. The minimum absolute atomic E-state index is 0.0264. The van der Waals surface area contributed by atoms with Crippen LogP contribution < -0.4 is 5.32 Å². The Hall–Kier alpha value is -1.55. The van der Waals surface area contributed by atoms with Gasteiger partial charge in [0, 0.05) is 25.8 Å². The van der Waals surface area contributed by atoms with Crippen molar-refractivity contribution in [1.82, 2.24) is 25.2 Å². The van der Waals surface area contributed by atoms with Crippen LogP contribution in [0.5, 0.6) is 0 Å². The number of aliphatic hydroxyl groups is 2. The third kappa shape index (κ3) is 3.75. The van der Waals surface area contributed by atoms with Crippen LogP contribution in [0.4, 0.5) is 0 Å². The van der Waals surface area contributed by atoms with Crippen LogP contribution in [0.1, 0.15) is 25.0 Å². The zero-order valence-corrected chi connectivity index (χ0v) is 13.8. The minimum atomic E-state index is -1.07. The van der Waals surface area contributed by atoms with E-state index in [0.717, 1.165) is 31.6 Å². The van der Waals surface area contributed by atoms with Crippen molar-refractivity contribution in [3.05, 3.63) is 11.9 Å². The molecule has 1 aromatic rings. The summed E-state index contributed by atoms with van der Waals surface area (Å²) in [4.78, 5) is 14.0. The second kappa shape index (κ2) is 7.56. The van der Waals surface area contributed by atoms with E-state index in [1.54, 1.807) is 15.8 Å². The van der Waals surface area contributed by atoms with Crippen molar-refractivity contribution in [1.29, 1.82) is 0 Å². The highest BCUT2D eigenvalue weighted by molar-refractivity contribution is 5.77.